The Balaban J connectivity index is 1.85. The normalized spacial score (nSPS) is 11.9. The van der Waals surface area contributed by atoms with E-state index in [9.17, 15) is 26.7 Å². The Bertz CT molecular complexity index is 809. The molecule has 0 bridgehead atoms. The van der Waals surface area contributed by atoms with Gasteiger partial charge in [-0.25, -0.2) is 8.78 Å². The van der Waals surface area contributed by atoms with Gasteiger partial charge in [-0.15, -0.1) is 0 Å². The van der Waals surface area contributed by atoms with Crippen molar-refractivity contribution in [3.05, 3.63) is 60.2 Å². The molecule has 0 fully saturated rings. The smallest absolute Gasteiger partial charge is 0.389 e. The molecule has 2 aromatic rings. The van der Waals surface area contributed by atoms with Crippen LogP contribution in [0.3, 0.4) is 0 Å². The molecule has 30 heavy (non-hydrogen) atoms. The molecule has 164 valence electrons. The van der Waals surface area contributed by atoms with Crippen LogP contribution in [0.15, 0.2) is 54.6 Å². The van der Waals surface area contributed by atoms with E-state index < -0.39 is 24.9 Å². The number of hydrogen-bond donors (Lipinski definition) is 0. The summed E-state index contributed by atoms with van der Waals surface area (Å²) in [7, 11) is 1.59. The van der Waals surface area contributed by atoms with E-state index >= 15 is 0 Å². The Morgan fingerprint density at radius 1 is 0.933 bits per heavy atom. The minimum absolute atomic E-state index is 0.0142. The third-order valence-electron chi connectivity index (χ3n) is 4.53. The molecule has 0 aliphatic rings. The number of carbonyl (C=O) groups is 1. The van der Waals surface area contributed by atoms with E-state index in [-0.39, 0.29) is 43.1 Å². The first-order valence-corrected chi connectivity index (χ1v) is 9.58. The third kappa shape index (κ3) is 7.65. The number of alkyl halides is 5. The quantitative estimate of drug-likeness (QED) is 0.326. The summed E-state index contributed by atoms with van der Waals surface area (Å²) in [6.07, 6.45) is -6.09. The zero-order chi connectivity index (χ0) is 22.2. The highest BCUT2D eigenvalue weighted by Gasteiger charge is 2.32. The molecule has 2 aromatic carbocycles. The molecule has 0 aromatic heterocycles. The van der Waals surface area contributed by atoms with Crippen molar-refractivity contribution in [1.29, 1.82) is 0 Å². The first kappa shape index (κ1) is 23.6. The molecule has 0 spiro atoms. The van der Waals surface area contributed by atoms with E-state index in [1.165, 1.54) is 23.1 Å². The third-order valence-corrected chi connectivity index (χ3v) is 4.53. The van der Waals surface area contributed by atoms with Gasteiger partial charge in [0.15, 0.2) is 0 Å². The van der Waals surface area contributed by atoms with Gasteiger partial charge in [-0.3, -0.25) is 4.79 Å². The lowest BCUT2D eigenvalue weighted by atomic mass is 10.0. The Morgan fingerprint density at radius 3 is 2.30 bits per heavy atom. The molecule has 0 radical (unpaired) electrons. The second-order valence-electron chi connectivity index (χ2n) is 6.94. The molecule has 0 saturated heterocycles. The molecule has 0 aliphatic carbocycles. The monoisotopic (exact) mass is 429 g/mol. The number of ether oxygens (including phenoxy) is 1. The summed E-state index contributed by atoms with van der Waals surface area (Å²) in [4.78, 5) is 13.6. The predicted molar refractivity (Wildman–Crippen MR) is 105 cm³/mol. The summed E-state index contributed by atoms with van der Waals surface area (Å²) in [5.41, 5.74) is 0.393. The highest BCUT2D eigenvalue weighted by molar-refractivity contribution is 5.92. The van der Waals surface area contributed by atoms with Gasteiger partial charge in [-0.05, 0) is 37.1 Å². The number of anilines is 1. The Morgan fingerprint density at radius 2 is 1.63 bits per heavy atom. The number of nitrogens with zero attached hydrogens (tertiary/aromatic N) is 1. The van der Waals surface area contributed by atoms with E-state index in [0.717, 1.165) is 6.07 Å². The van der Waals surface area contributed by atoms with Gasteiger partial charge in [-0.2, -0.15) is 13.2 Å². The van der Waals surface area contributed by atoms with Crippen LogP contribution in [0.4, 0.5) is 27.6 Å². The van der Waals surface area contributed by atoms with Gasteiger partial charge in [-0.1, -0.05) is 30.3 Å². The van der Waals surface area contributed by atoms with Gasteiger partial charge in [0.1, 0.15) is 5.75 Å². The molecule has 0 saturated carbocycles. The van der Waals surface area contributed by atoms with Crippen molar-refractivity contribution in [2.45, 2.75) is 44.2 Å². The zero-order valence-corrected chi connectivity index (χ0v) is 16.6. The maximum absolute atomic E-state index is 14.5. The van der Waals surface area contributed by atoms with Crippen molar-refractivity contribution in [2.24, 2.45) is 0 Å². The van der Waals surface area contributed by atoms with Crippen LogP contribution in [-0.4, -0.2) is 25.7 Å². The van der Waals surface area contributed by atoms with Crippen LogP contribution in [0.2, 0.25) is 0 Å². The minimum Gasteiger partial charge on any atom is -0.494 e. The average molecular weight is 429 g/mol. The van der Waals surface area contributed by atoms with Crippen molar-refractivity contribution in [3.63, 3.8) is 0 Å². The molecule has 8 heteroatoms. The van der Waals surface area contributed by atoms with E-state index in [2.05, 4.69) is 0 Å². The second-order valence-corrected chi connectivity index (χ2v) is 6.94. The summed E-state index contributed by atoms with van der Waals surface area (Å²) in [5.74, 6) is -3.36. The van der Waals surface area contributed by atoms with Gasteiger partial charge < -0.3 is 9.64 Å². The molecule has 0 heterocycles. The summed E-state index contributed by atoms with van der Waals surface area (Å²) < 4.78 is 70.6. The molecule has 1 amide bonds. The fraction of sp³-hybridized carbons (Fsp3) is 0.409. The topological polar surface area (TPSA) is 29.5 Å². The van der Waals surface area contributed by atoms with Crippen LogP contribution in [0.1, 0.15) is 37.7 Å². The van der Waals surface area contributed by atoms with Gasteiger partial charge in [0.05, 0.1) is 6.61 Å². The first-order chi connectivity index (χ1) is 14.1. The molecule has 3 nitrogen and oxygen atoms in total. The van der Waals surface area contributed by atoms with Crippen LogP contribution in [0, 0.1) is 0 Å². The Kier molecular flexibility index (Phi) is 8.20. The van der Waals surface area contributed by atoms with E-state index in [4.69, 9.17) is 4.74 Å². The number of hydrogen-bond acceptors (Lipinski definition) is 2. The van der Waals surface area contributed by atoms with Crippen LogP contribution in [-0.2, 0) is 10.7 Å². The van der Waals surface area contributed by atoms with Crippen molar-refractivity contribution in [1.82, 2.24) is 0 Å². The molecule has 0 atom stereocenters. The lowest BCUT2D eigenvalue weighted by Crippen LogP contribution is -2.26. The number of para-hydroxylation sites is 1. The summed E-state index contributed by atoms with van der Waals surface area (Å²) in [6.45, 7) is -0.213. The number of benzene rings is 2. The van der Waals surface area contributed by atoms with Gasteiger partial charge in [0.25, 0.3) is 5.92 Å². The van der Waals surface area contributed by atoms with Crippen molar-refractivity contribution in [3.8, 4) is 5.75 Å². The van der Waals surface area contributed by atoms with E-state index in [0.29, 0.717) is 5.69 Å². The number of amides is 1. The number of carbonyl (C=O) groups excluding carboxylic acids is 1. The summed E-state index contributed by atoms with van der Waals surface area (Å²) in [5, 5.41) is 0. The number of halogens is 5. The first-order valence-electron chi connectivity index (χ1n) is 9.58. The molecular weight excluding hydrogens is 405 g/mol. The fourth-order valence-corrected chi connectivity index (χ4v) is 2.85. The van der Waals surface area contributed by atoms with Crippen molar-refractivity contribution >= 4 is 11.6 Å². The van der Waals surface area contributed by atoms with Crippen LogP contribution >= 0.6 is 0 Å². The maximum atomic E-state index is 14.5. The van der Waals surface area contributed by atoms with Gasteiger partial charge >= 0.3 is 6.18 Å². The van der Waals surface area contributed by atoms with Crippen molar-refractivity contribution in [2.75, 3.05) is 18.6 Å². The van der Waals surface area contributed by atoms with E-state index in [1.807, 2.05) is 6.07 Å². The maximum Gasteiger partial charge on any atom is 0.389 e. The summed E-state index contributed by atoms with van der Waals surface area (Å²) in [6, 6.07) is 14.1. The minimum atomic E-state index is -4.27. The predicted octanol–water partition coefficient (Wildman–Crippen LogP) is 6.33. The highest BCUT2D eigenvalue weighted by Crippen LogP contribution is 2.35. The van der Waals surface area contributed by atoms with Crippen molar-refractivity contribution < 1.29 is 31.5 Å². The fourth-order valence-electron chi connectivity index (χ4n) is 2.85. The molecule has 0 unspecified atom stereocenters. The van der Waals surface area contributed by atoms with Crippen LogP contribution < -0.4 is 9.64 Å². The van der Waals surface area contributed by atoms with E-state index in [1.54, 1.807) is 31.3 Å². The van der Waals surface area contributed by atoms with Gasteiger partial charge in [0, 0.05) is 37.6 Å². The largest absolute Gasteiger partial charge is 0.494 e. The standard InChI is InChI=1S/C22H24F5NO2/c1-28(18-9-3-2-4-10-18)20(29)12-6-13-21(23,24)17-8-5-11-19(16-17)30-15-7-14-22(25,26)27/h2-5,8-11,16H,6-7,12-15H2,1H3. The average Bonchev–Trinajstić information content (AvgIpc) is 2.70. The molecule has 2 rings (SSSR count). The van der Waals surface area contributed by atoms with Crippen LogP contribution in [0.25, 0.3) is 0 Å². The summed E-state index contributed by atoms with van der Waals surface area (Å²) >= 11 is 0. The number of rotatable bonds is 10. The molecule has 0 aliphatic heterocycles. The van der Waals surface area contributed by atoms with Crippen LogP contribution in [0.5, 0.6) is 5.75 Å². The Hall–Kier alpha value is -2.64. The SMILES string of the molecule is CN(C(=O)CCCC(F)(F)c1cccc(OCCCC(F)(F)F)c1)c1ccccc1. The molecular formula is C22H24F5NO2. The lowest BCUT2D eigenvalue weighted by Gasteiger charge is -2.20. The second kappa shape index (κ2) is 10.4. The lowest BCUT2D eigenvalue weighted by molar-refractivity contribution is -0.136. The highest BCUT2D eigenvalue weighted by atomic mass is 19.4. The molecule has 0 N–H and O–H groups in total. The zero-order valence-electron chi connectivity index (χ0n) is 16.6. The van der Waals surface area contributed by atoms with Gasteiger partial charge in [0.2, 0.25) is 5.91 Å². The Labute approximate surface area is 172 Å².